The number of allylic oxidation sites excluding steroid dienone is 1. The highest BCUT2D eigenvalue weighted by Crippen LogP contribution is 2.31. The van der Waals surface area contributed by atoms with Crippen LogP contribution in [0.2, 0.25) is 0 Å². The minimum Gasteiger partial charge on any atom is -0.502 e. The Morgan fingerprint density at radius 2 is 1.84 bits per heavy atom. The lowest BCUT2D eigenvalue weighted by molar-refractivity contribution is -0.386. The number of nitrogens with one attached hydrogen (secondary N) is 2. The van der Waals surface area contributed by atoms with E-state index in [2.05, 4.69) is 15.0 Å². The fourth-order valence-electron chi connectivity index (χ4n) is 2.84. The number of nitro groups is 1. The van der Waals surface area contributed by atoms with Crippen molar-refractivity contribution >= 4 is 38.9 Å². The minimum absolute atomic E-state index is 0.0484. The molecule has 0 unspecified atom stereocenters. The molecule has 2 aromatic rings. The van der Waals surface area contributed by atoms with Crippen molar-refractivity contribution in [2.45, 2.75) is 18.7 Å². The third-order valence-electron chi connectivity index (χ3n) is 4.25. The van der Waals surface area contributed by atoms with E-state index in [-0.39, 0.29) is 18.0 Å². The van der Waals surface area contributed by atoms with Crippen molar-refractivity contribution in [2.75, 3.05) is 17.2 Å². The number of sulfonamides is 1. The van der Waals surface area contributed by atoms with E-state index in [1.807, 2.05) is 0 Å². The van der Waals surface area contributed by atoms with Crippen molar-refractivity contribution in [3.8, 4) is 5.75 Å². The number of benzene rings is 2. The predicted octanol–water partition coefficient (Wildman–Crippen LogP) is 2.76. The molecule has 1 aliphatic heterocycles. The summed E-state index contributed by atoms with van der Waals surface area (Å²) in [4.78, 5) is 22.2. The molecule has 0 aliphatic carbocycles. The third-order valence-corrected chi connectivity index (χ3v) is 5.52. The van der Waals surface area contributed by atoms with Crippen LogP contribution >= 0.6 is 0 Å². The second kappa shape index (κ2) is 8.44. The zero-order chi connectivity index (χ0) is 22.8. The van der Waals surface area contributed by atoms with E-state index >= 15 is 0 Å². The number of para-hydroxylation sites is 2. The van der Waals surface area contributed by atoms with Crippen LogP contribution in [0.4, 0.5) is 17.1 Å². The van der Waals surface area contributed by atoms with E-state index < -0.39 is 37.2 Å². The van der Waals surface area contributed by atoms with Gasteiger partial charge in [-0.3, -0.25) is 10.1 Å². The molecule has 3 rings (SSSR count). The number of carbonyl (C=O) groups is 1. The summed E-state index contributed by atoms with van der Waals surface area (Å²) in [6.07, 6.45) is 0. The summed E-state index contributed by atoms with van der Waals surface area (Å²) in [5.41, 5.74) is 0.382. The highest BCUT2D eigenvalue weighted by molar-refractivity contribution is 7.90. The first-order valence-corrected chi connectivity index (χ1v) is 10.4. The first-order chi connectivity index (χ1) is 14.6. The Labute approximate surface area is 177 Å². The number of nitro benzene ring substituents is 1. The Bertz CT molecular complexity index is 1240. The number of ether oxygens (including phenoxy) is 1. The number of anilines is 2. The molecule has 0 saturated carbocycles. The van der Waals surface area contributed by atoms with E-state index in [4.69, 9.17) is 4.74 Å². The van der Waals surface area contributed by atoms with Gasteiger partial charge in [-0.15, -0.1) is 4.40 Å². The van der Waals surface area contributed by atoms with Crippen LogP contribution in [0.15, 0.2) is 63.0 Å². The van der Waals surface area contributed by atoms with E-state index in [1.54, 1.807) is 38.1 Å². The van der Waals surface area contributed by atoms with Gasteiger partial charge in [0.2, 0.25) is 0 Å². The van der Waals surface area contributed by atoms with Crippen molar-refractivity contribution in [1.29, 1.82) is 0 Å². The number of amidine groups is 1. The topological polar surface area (TPSA) is 160 Å². The summed E-state index contributed by atoms with van der Waals surface area (Å²) in [6, 6.07) is 9.37. The molecule has 0 amide bonds. The van der Waals surface area contributed by atoms with E-state index in [0.717, 1.165) is 12.1 Å². The third kappa shape index (κ3) is 4.48. The number of phenolic OH excluding ortho intramolecular Hbond substituents is 1. The predicted molar refractivity (Wildman–Crippen MR) is 112 cm³/mol. The average molecular weight is 446 g/mol. The molecule has 0 aromatic heterocycles. The van der Waals surface area contributed by atoms with Crippen LogP contribution in [0.5, 0.6) is 5.75 Å². The summed E-state index contributed by atoms with van der Waals surface area (Å²) in [6.45, 7) is 3.21. The van der Waals surface area contributed by atoms with Gasteiger partial charge in [0.1, 0.15) is 5.57 Å². The van der Waals surface area contributed by atoms with Crippen LogP contribution in [-0.2, 0) is 19.6 Å². The Balaban J connectivity index is 2.18. The van der Waals surface area contributed by atoms with Crippen LogP contribution in [0, 0.1) is 10.1 Å². The fourth-order valence-corrected chi connectivity index (χ4v) is 3.82. The number of phenols is 1. The van der Waals surface area contributed by atoms with Gasteiger partial charge in [0.05, 0.1) is 27.8 Å². The first kappa shape index (κ1) is 21.8. The fraction of sp³-hybridized carbons (Fsp3) is 0.158. The number of carbonyl (C=O) groups excluding carboxylic acids is 1. The second-order valence-electron chi connectivity index (χ2n) is 6.34. The summed E-state index contributed by atoms with van der Waals surface area (Å²) in [5.74, 6) is -1.81. The molecule has 1 aliphatic rings. The second-order valence-corrected chi connectivity index (χ2v) is 7.94. The maximum absolute atomic E-state index is 12.9. The quantitative estimate of drug-likeness (QED) is 0.356. The van der Waals surface area contributed by atoms with Crippen LogP contribution < -0.4 is 10.6 Å². The van der Waals surface area contributed by atoms with Gasteiger partial charge in [0.15, 0.2) is 11.6 Å². The van der Waals surface area contributed by atoms with Crippen molar-refractivity contribution < 1.29 is 28.0 Å². The molecule has 0 radical (unpaired) electrons. The highest BCUT2D eigenvalue weighted by atomic mass is 32.2. The van der Waals surface area contributed by atoms with Gasteiger partial charge in [0, 0.05) is 11.8 Å². The number of hydrogen-bond donors (Lipinski definition) is 3. The van der Waals surface area contributed by atoms with Crippen molar-refractivity contribution in [1.82, 2.24) is 0 Å². The maximum Gasteiger partial charge on any atom is 0.343 e. The monoisotopic (exact) mass is 446 g/mol. The van der Waals surface area contributed by atoms with Gasteiger partial charge >= 0.3 is 11.7 Å². The molecular weight excluding hydrogens is 428 g/mol. The average Bonchev–Trinajstić information content (AvgIpc) is 2.82. The molecule has 0 bridgehead atoms. The number of hydrogen-bond acceptors (Lipinski definition) is 8. The van der Waals surface area contributed by atoms with E-state index in [1.165, 1.54) is 0 Å². The lowest BCUT2D eigenvalue weighted by Gasteiger charge is -2.12. The number of esters is 1. The molecule has 11 nitrogen and oxygen atoms in total. The molecule has 0 atom stereocenters. The van der Waals surface area contributed by atoms with Crippen molar-refractivity contribution in [3.63, 3.8) is 0 Å². The van der Waals surface area contributed by atoms with Crippen LogP contribution in [0.1, 0.15) is 13.8 Å². The molecule has 2 aromatic carbocycles. The Morgan fingerprint density at radius 1 is 1.19 bits per heavy atom. The lowest BCUT2D eigenvalue weighted by Crippen LogP contribution is -2.25. The number of rotatable bonds is 5. The zero-order valence-corrected chi connectivity index (χ0v) is 17.3. The summed E-state index contributed by atoms with van der Waals surface area (Å²) in [5, 5.41) is 26.5. The molecule has 0 fully saturated rings. The number of fused-ring (bicyclic) bond motifs is 1. The van der Waals surface area contributed by atoms with Crippen molar-refractivity contribution in [3.05, 3.63) is 63.8 Å². The SMILES string of the molecule is CCOC(=O)C1=C(C)Nc2ccccc2N/C1=N/S(=O)(=O)c1ccc(O)c([N+](=O)[O-])c1. The summed E-state index contributed by atoms with van der Waals surface area (Å²) >= 11 is 0. The lowest BCUT2D eigenvalue weighted by atomic mass is 10.2. The molecule has 0 spiro atoms. The van der Waals surface area contributed by atoms with Crippen LogP contribution in [0.3, 0.4) is 0 Å². The molecule has 162 valence electrons. The first-order valence-electron chi connectivity index (χ1n) is 8.98. The van der Waals surface area contributed by atoms with Crippen LogP contribution in [0.25, 0.3) is 0 Å². The van der Waals surface area contributed by atoms with Gasteiger partial charge in [-0.05, 0) is 38.1 Å². The zero-order valence-electron chi connectivity index (χ0n) is 16.4. The molecule has 1 heterocycles. The normalized spacial score (nSPS) is 14.8. The largest absolute Gasteiger partial charge is 0.502 e. The molecule has 31 heavy (non-hydrogen) atoms. The van der Waals surface area contributed by atoms with Gasteiger partial charge < -0.3 is 20.5 Å². The van der Waals surface area contributed by atoms with Gasteiger partial charge in [-0.1, -0.05) is 12.1 Å². The van der Waals surface area contributed by atoms with Gasteiger partial charge in [0.25, 0.3) is 10.0 Å². The summed E-state index contributed by atoms with van der Waals surface area (Å²) in [7, 11) is -4.52. The molecule has 12 heteroatoms. The standard InChI is InChI=1S/C19H18N4O7S/c1-3-30-19(25)17-11(2)20-13-6-4-5-7-14(13)21-18(17)22-31(28,29)12-8-9-16(24)15(10-12)23(26)27/h4-10,20,24H,3H2,1-2H3,(H,21,22). The van der Waals surface area contributed by atoms with E-state index in [9.17, 15) is 28.4 Å². The van der Waals surface area contributed by atoms with Crippen LogP contribution in [-0.4, -0.2) is 36.9 Å². The minimum atomic E-state index is -4.52. The molecular formula is C19H18N4O7S. The van der Waals surface area contributed by atoms with Gasteiger partial charge in [-0.25, -0.2) is 4.79 Å². The number of nitrogens with zero attached hydrogens (tertiary/aromatic N) is 2. The Hall–Kier alpha value is -3.93. The van der Waals surface area contributed by atoms with Crippen molar-refractivity contribution in [2.24, 2.45) is 4.40 Å². The molecule has 0 saturated heterocycles. The van der Waals surface area contributed by atoms with E-state index in [0.29, 0.717) is 23.1 Å². The maximum atomic E-state index is 12.9. The Morgan fingerprint density at radius 3 is 2.45 bits per heavy atom. The molecule has 3 N–H and O–H groups in total. The smallest absolute Gasteiger partial charge is 0.343 e. The van der Waals surface area contributed by atoms with Gasteiger partial charge in [-0.2, -0.15) is 8.42 Å². The summed E-state index contributed by atoms with van der Waals surface area (Å²) < 4.78 is 34.6. The Kier molecular flexibility index (Phi) is 5.92. The number of aromatic hydroxyl groups is 1. The highest BCUT2D eigenvalue weighted by Gasteiger charge is 2.29.